The number of carbonyl (C=O) groups excluding carboxylic acids is 2. The van der Waals surface area contributed by atoms with Crippen LogP contribution in [-0.4, -0.2) is 44.4 Å². The van der Waals surface area contributed by atoms with Gasteiger partial charge >= 0.3 is 6.03 Å². The van der Waals surface area contributed by atoms with Gasteiger partial charge in [0, 0.05) is 18.2 Å². The number of aromatic nitrogens is 3. The molecule has 1 saturated heterocycles. The number of rotatable bonds is 2. The Morgan fingerprint density at radius 2 is 2.03 bits per heavy atom. The molecule has 0 saturated carbocycles. The highest BCUT2D eigenvalue weighted by Crippen LogP contribution is 2.39. The number of hydrogen-bond acceptors (Lipinski definition) is 6. The van der Waals surface area contributed by atoms with Crippen molar-refractivity contribution in [3.05, 3.63) is 23.3 Å². The van der Waals surface area contributed by atoms with Crippen LogP contribution >= 0.6 is 11.3 Å². The smallest absolute Gasteiger partial charge is 0.324 e. The summed E-state index contributed by atoms with van der Waals surface area (Å²) in [4.78, 5) is 41.0. The van der Waals surface area contributed by atoms with E-state index in [0.717, 1.165) is 46.9 Å². The lowest BCUT2D eigenvalue weighted by molar-refractivity contribution is -0.122. The number of thiazole rings is 1. The van der Waals surface area contributed by atoms with Crippen LogP contribution in [0.15, 0.2) is 6.20 Å². The summed E-state index contributed by atoms with van der Waals surface area (Å²) in [5.41, 5.74) is 8.31. The predicted molar refractivity (Wildman–Crippen MR) is 112 cm³/mol. The molecule has 2 aliphatic rings. The van der Waals surface area contributed by atoms with E-state index in [1.54, 1.807) is 0 Å². The van der Waals surface area contributed by atoms with Gasteiger partial charge in [-0.25, -0.2) is 19.7 Å². The number of nitrogens with one attached hydrogen (secondary N) is 1. The van der Waals surface area contributed by atoms with E-state index in [4.69, 9.17) is 10.7 Å². The molecule has 0 radical (unpaired) electrons. The van der Waals surface area contributed by atoms with E-state index in [-0.39, 0.29) is 17.4 Å². The van der Waals surface area contributed by atoms with Gasteiger partial charge in [0.1, 0.15) is 11.9 Å². The van der Waals surface area contributed by atoms with Gasteiger partial charge in [0.25, 0.3) is 0 Å². The van der Waals surface area contributed by atoms with E-state index < -0.39 is 11.9 Å². The summed E-state index contributed by atoms with van der Waals surface area (Å²) in [6.45, 7) is 8.71. The van der Waals surface area contributed by atoms with E-state index in [2.05, 4.69) is 36.1 Å². The van der Waals surface area contributed by atoms with Crippen LogP contribution in [0.1, 0.15) is 51.2 Å². The van der Waals surface area contributed by atoms with E-state index in [1.807, 2.05) is 13.1 Å². The van der Waals surface area contributed by atoms with E-state index in [9.17, 15) is 9.59 Å². The molecule has 0 spiro atoms. The van der Waals surface area contributed by atoms with E-state index >= 15 is 0 Å². The van der Waals surface area contributed by atoms with Crippen LogP contribution in [0.25, 0.3) is 10.6 Å². The van der Waals surface area contributed by atoms with Crippen molar-refractivity contribution >= 4 is 28.4 Å². The van der Waals surface area contributed by atoms with Crippen LogP contribution in [-0.2, 0) is 23.1 Å². The van der Waals surface area contributed by atoms with Crippen LogP contribution in [0.2, 0.25) is 0 Å². The van der Waals surface area contributed by atoms with Gasteiger partial charge in [0.05, 0.1) is 16.3 Å². The Bertz CT molecular complexity index is 980. The zero-order chi connectivity index (χ0) is 20.9. The summed E-state index contributed by atoms with van der Waals surface area (Å²) in [7, 11) is 0. The quantitative estimate of drug-likeness (QED) is 0.784. The third-order valence-corrected chi connectivity index (χ3v) is 6.57. The topological polar surface area (TPSA) is 114 Å². The lowest BCUT2D eigenvalue weighted by atomic mass is 9.94. The second kappa shape index (κ2) is 7.05. The number of fused-ring (bicyclic) bond motifs is 3. The Labute approximate surface area is 173 Å². The second-order valence-corrected chi connectivity index (χ2v) is 9.85. The Kier molecular flexibility index (Phi) is 4.80. The lowest BCUT2D eigenvalue weighted by Gasteiger charge is -2.23. The summed E-state index contributed by atoms with van der Waals surface area (Å²) in [6, 6.07) is -0.907. The minimum absolute atomic E-state index is 0.0575. The average molecular weight is 415 g/mol. The Hall–Kier alpha value is -2.55. The third kappa shape index (κ3) is 3.59. The highest BCUT2D eigenvalue weighted by molar-refractivity contribution is 7.19. The monoisotopic (exact) mass is 414 g/mol. The number of urea groups is 1. The summed E-state index contributed by atoms with van der Waals surface area (Å²) < 4.78 is 0. The number of nitrogens with two attached hydrogens (primary N) is 1. The van der Waals surface area contributed by atoms with Gasteiger partial charge in [-0.15, -0.1) is 0 Å². The third-order valence-electron chi connectivity index (χ3n) is 5.55. The number of aryl methyl sites for hydroxylation is 2. The van der Waals surface area contributed by atoms with Gasteiger partial charge in [-0.1, -0.05) is 39.0 Å². The standard InChI is InChI=1S/C20H26N6O2S/c1-10-7-8-26(14(10)16(21)27)19(28)25-18-23-12-6-5-11-9-22-17(20(2,3)4)24-13(11)15(12)29-18/h9-10,14H,5-8H2,1-4H3,(H2,21,27)(H,23,25,28)/t10-,14+/m1/s1. The molecule has 1 fully saturated rings. The van der Waals surface area contributed by atoms with Crippen molar-refractivity contribution in [3.63, 3.8) is 0 Å². The van der Waals surface area contributed by atoms with Crippen LogP contribution < -0.4 is 11.1 Å². The fourth-order valence-electron chi connectivity index (χ4n) is 3.93. The lowest BCUT2D eigenvalue weighted by Crippen LogP contribution is -2.47. The number of anilines is 1. The van der Waals surface area contributed by atoms with Crippen molar-refractivity contribution in [2.45, 2.75) is 58.4 Å². The molecule has 9 heteroatoms. The Balaban J connectivity index is 1.60. The molecule has 0 unspecified atom stereocenters. The van der Waals surface area contributed by atoms with Crippen molar-refractivity contribution in [1.29, 1.82) is 0 Å². The first-order valence-electron chi connectivity index (χ1n) is 9.88. The van der Waals surface area contributed by atoms with Crippen molar-refractivity contribution in [2.75, 3.05) is 11.9 Å². The average Bonchev–Trinajstić information content (AvgIpc) is 3.23. The number of nitrogens with zero attached hydrogens (tertiary/aromatic N) is 4. The Morgan fingerprint density at radius 1 is 1.28 bits per heavy atom. The molecule has 3 N–H and O–H groups in total. The zero-order valence-corrected chi connectivity index (χ0v) is 18.0. The normalized spacial score (nSPS) is 20.9. The number of amides is 3. The summed E-state index contributed by atoms with van der Waals surface area (Å²) >= 11 is 1.42. The van der Waals surface area contributed by atoms with Crippen LogP contribution in [0, 0.1) is 5.92 Å². The largest absolute Gasteiger partial charge is 0.368 e. The first kappa shape index (κ1) is 19.8. The zero-order valence-electron chi connectivity index (χ0n) is 17.2. The van der Waals surface area contributed by atoms with Gasteiger partial charge in [0.2, 0.25) is 5.91 Å². The van der Waals surface area contributed by atoms with Gasteiger partial charge in [-0.2, -0.15) is 0 Å². The molecule has 154 valence electrons. The highest BCUT2D eigenvalue weighted by Gasteiger charge is 2.38. The fraction of sp³-hybridized carbons (Fsp3) is 0.550. The van der Waals surface area contributed by atoms with Crippen molar-refractivity contribution in [1.82, 2.24) is 19.9 Å². The molecular weight excluding hydrogens is 388 g/mol. The first-order chi connectivity index (χ1) is 13.6. The van der Waals surface area contributed by atoms with Gasteiger partial charge in [0.15, 0.2) is 5.13 Å². The number of likely N-dealkylation sites (tertiary alicyclic amines) is 1. The minimum Gasteiger partial charge on any atom is -0.368 e. The molecule has 2 atom stereocenters. The van der Waals surface area contributed by atoms with Crippen molar-refractivity contribution < 1.29 is 9.59 Å². The van der Waals surface area contributed by atoms with Gasteiger partial charge in [-0.3, -0.25) is 10.1 Å². The number of primary amides is 1. The molecule has 29 heavy (non-hydrogen) atoms. The van der Waals surface area contributed by atoms with Gasteiger partial charge in [-0.05, 0) is 30.7 Å². The molecule has 0 aromatic carbocycles. The first-order valence-corrected chi connectivity index (χ1v) is 10.7. The molecule has 2 aromatic rings. The molecule has 3 amide bonds. The van der Waals surface area contributed by atoms with E-state index in [0.29, 0.717) is 11.7 Å². The summed E-state index contributed by atoms with van der Waals surface area (Å²) in [5, 5.41) is 3.39. The van der Waals surface area contributed by atoms with Crippen molar-refractivity contribution in [2.24, 2.45) is 11.7 Å². The summed E-state index contributed by atoms with van der Waals surface area (Å²) in [6.07, 6.45) is 4.29. The van der Waals surface area contributed by atoms with Gasteiger partial charge < -0.3 is 10.6 Å². The molecule has 2 aromatic heterocycles. The summed E-state index contributed by atoms with van der Waals surface area (Å²) in [5.74, 6) is 0.379. The van der Waals surface area contributed by atoms with Crippen LogP contribution in [0.5, 0.6) is 0 Å². The Morgan fingerprint density at radius 3 is 2.72 bits per heavy atom. The molecule has 0 bridgehead atoms. The highest BCUT2D eigenvalue weighted by atomic mass is 32.1. The van der Waals surface area contributed by atoms with E-state index in [1.165, 1.54) is 16.2 Å². The molecule has 1 aliphatic heterocycles. The second-order valence-electron chi connectivity index (χ2n) is 8.85. The molecule has 1 aliphatic carbocycles. The van der Waals surface area contributed by atoms with Crippen LogP contribution in [0.3, 0.4) is 0 Å². The maximum Gasteiger partial charge on any atom is 0.324 e. The number of carbonyl (C=O) groups is 2. The SMILES string of the molecule is C[C@@H]1CCN(C(=O)Nc2nc3c(s2)-c2nc(C(C)(C)C)ncc2CC3)[C@@H]1C(N)=O. The maximum atomic E-state index is 12.8. The molecule has 4 rings (SSSR count). The predicted octanol–water partition coefficient (Wildman–Crippen LogP) is 2.72. The minimum atomic E-state index is -0.576. The molecule has 8 nitrogen and oxygen atoms in total. The number of hydrogen-bond donors (Lipinski definition) is 2. The van der Waals surface area contributed by atoms with Crippen molar-refractivity contribution in [3.8, 4) is 10.6 Å². The molecular formula is C20H26N6O2S. The fourth-order valence-corrected chi connectivity index (χ4v) is 4.96. The molecule has 3 heterocycles. The maximum absolute atomic E-state index is 12.8. The van der Waals surface area contributed by atoms with Crippen LogP contribution in [0.4, 0.5) is 9.93 Å².